The van der Waals surface area contributed by atoms with Gasteiger partial charge in [0.25, 0.3) is 11.8 Å². The number of aliphatic hydroxyl groups is 1. The lowest BCUT2D eigenvalue weighted by Gasteiger charge is -2.50. The SMILES string of the molecule is Cc1ccc(NN2C(=O)[C@@H]3C[C@@H]4C(=CC[C@@H]5C(=O)N(C6CCCCC6)C(=O)[C@@H]54)[C@H](c4ccc(OCCO)cc4)[C@]3(c3ccccc3)C2=O)cc1. The van der Waals surface area contributed by atoms with Gasteiger partial charge in [-0.1, -0.05) is 91.1 Å². The topological polar surface area (TPSA) is 116 Å². The van der Waals surface area contributed by atoms with Crippen molar-refractivity contribution in [3.8, 4) is 5.75 Å². The third-order valence-corrected chi connectivity index (χ3v) is 11.9. The Balaban J connectivity index is 1.28. The number of fused-ring (bicyclic) bond motifs is 4. The summed E-state index contributed by atoms with van der Waals surface area (Å²) < 4.78 is 5.69. The van der Waals surface area contributed by atoms with Gasteiger partial charge in [0.1, 0.15) is 12.4 Å². The third kappa shape index (κ3) is 5.00. The smallest absolute Gasteiger partial charge is 0.260 e. The highest BCUT2D eigenvalue weighted by atomic mass is 16.5. The number of anilines is 1. The van der Waals surface area contributed by atoms with Gasteiger partial charge in [-0.2, -0.15) is 5.01 Å². The number of hydrazine groups is 1. The van der Waals surface area contributed by atoms with Gasteiger partial charge in [-0.25, -0.2) is 0 Å². The van der Waals surface area contributed by atoms with Crippen molar-refractivity contribution in [1.82, 2.24) is 9.91 Å². The largest absolute Gasteiger partial charge is 0.491 e. The van der Waals surface area contributed by atoms with Gasteiger partial charge in [0, 0.05) is 12.0 Å². The second kappa shape index (κ2) is 12.8. The number of benzene rings is 3. The van der Waals surface area contributed by atoms with Crippen LogP contribution in [-0.2, 0) is 24.6 Å². The minimum atomic E-state index is -1.31. The second-order valence-corrected chi connectivity index (χ2v) is 14.6. The normalized spacial score (nSPS) is 29.4. The van der Waals surface area contributed by atoms with Gasteiger partial charge in [-0.3, -0.25) is 29.5 Å². The number of hydrogen-bond acceptors (Lipinski definition) is 7. The van der Waals surface area contributed by atoms with E-state index < -0.39 is 29.1 Å². The Bertz CT molecular complexity index is 1830. The molecule has 258 valence electrons. The average Bonchev–Trinajstić information content (AvgIpc) is 3.53. The molecule has 0 unspecified atom stereocenters. The van der Waals surface area contributed by atoms with E-state index in [1.54, 1.807) is 4.90 Å². The number of rotatable bonds is 8. The van der Waals surface area contributed by atoms with E-state index in [2.05, 4.69) is 11.5 Å². The van der Waals surface area contributed by atoms with Gasteiger partial charge in [-0.05, 0) is 73.9 Å². The van der Waals surface area contributed by atoms with Crippen LogP contribution in [0.2, 0.25) is 0 Å². The molecule has 2 heterocycles. The van der Waals surface area contributed by atoms with Crippen LogP contribution in [0.3, 0.4) is 0 Å². The molecule has 5 aliphatic rings. The predicted molar refractivity (Wildman–Crippen MR) is 187 cm³/mol. The fourth-order valence-electron chi connectivity index (χ4n) is 9.77. The Morgan fingerprint density at radius 3 is 2.26 bits per heavy atom. The molecular formula is C41H43N3O6. The summed E-state index contributed by atoms with van der Waals surface area (Å²) in [5.74, 6) is -3.11. The van der Waals surface area contributed by atoms with E-state index in [1.165, 1.54) is 5.01 Å². The van der Waals surface area contributed by atoms with Gasteiger partial charge >= 0.3 is 0 Å². The van der Waals surface area contributed by atoms with Crippen molar-refractivity contribution in [1.29, 1.82) is 0 Å². The number of imide groups is 2. The lowest BCUT2D eigenvalue weighted by atomic mass is 9.49. The highest BCUT2D eigenvalue weighted by Crippen LogP contribution is 2.64. The third-order valence-electron chi connectivity index (χ3n) is 11.9. The zero-order chi connectivity index (χ0) is 34.6. The quantitative estimate of drug-likeness (QED) is 0.233. The van der Waals surface area contributed by atoms with Gasteiger partial charge in [0.05, 0.1) is 35.5 Å². The van der Waals surface area contributed by atoms with Crippen LogP contribution in [0.5, 0.6) is 5.75 Å². The van der Waals surface area contributed by atoms with Crippen LogP contribution >= 0.6 is 0 Å². The Hall–Kier alpha value is -4.76. The van der Waals surface area contributed by atoms with E-state index in [4.69, 9.17) is 4.74 Å². The highest BCUT2D eigenvalue weighted by Gasteiger charge is 2.70. The van der Waals surface area contributed by atoms with E-state index in [9.17, 15) is 19.5 Å². The summed E-state index contributed by atoms with van der Waals surface area (Å²) in [5, 5.41) is 10.5. The summed E-state index contributed by atoms with van der Waals surface area (Å²) in [6.07, 6.45) is 7.61. The number of nitrogens with one attached hydrogen (secondary N) is 1. The van der Waals surface area contributed by atoms with Gasteiger partial charge in [-0.15, -0.1) is 0 Å². The van der Waals surface area contributed by atoms with E-state index >= 15 is 4.79 Å². The van der Waals surface area contributed by atoms with Crippen molar-refractivity contribution in [3.05, 3.63) is 107 Å². The molecule has 0 radical (unpaired) electrons. The Kier molecular flexibility index (Phi) is 8.34. The summed E-state index contributed by atoms with van der Waals surface area (Å²) in [6.45, 7) is 2.01. The van der Waals surface area contributed by atoms with Crippen molar-refractivity contribution >= 4 is 29.3 Å². The lowest BCUT2D eigenvalue weighted by Crippen LogP contribution is -2.53. The van der Waals surface area contributed by atoms with Gasteiger partial charge in [0.2, 0.25) is 11.8 Å². The van der Waals surface area contributed by atoms with Gasteiger partial charge in [0.15, 0.2) is 0 Å². The number of aryl methyl sites for hydroxylation is 1. The summed E-state index contributed by atoms with van der Waals surface area (Å²) in [6, 6.07) is 24.6. The first-order valence-corrected chi connectivity index (χ1v) is 18.0. The standard InChI is InChI=1S/C41H43N3O6/c1-25-12-16-28(17-13-25)42-44-38(47)34-24-33-31(20-21-32-35(33)39(48)43(37(32)46)29-10-6-3-7-11-29)36(26-14-18-30(19-15-26)50-23-22-45)41(34,40(44)49)27-8-4-2-5-9-27/h2,4-5,8-9,12-20,29,32-36,42,45H,3,6-7,10-11,21-24H2,1H3/t32-,33+,34-,35-,36-,41+/m0/s1. The molecule has 4 fully saturated rings. The molecule has 50 heavy (non-hydrogen) atoms. The van der Waals surface area contributed by atoms with Crippen LogP contribution in [0, 0.1) is 30.6 Å². The molecule has 4 amide bonds. The number of aliphatic hydroxyl groups excluding tert-OH is 1. The molecule has 3 aromatic rings. The number of amides is 4. The number of likely N-dealkylation sites (tertiary alicyclic amines) is 1. The minimum Gasteiger partial charge on any atom is -0.491 e. The van der Waals surface area contributed by atoms with Crippen LogP contribution in [0.4, 0.5) is 5.69 Å². The zero-order valence-electron chi connectivity index (χ0n) is 28.3. The van der Waals surface area contributed by atoms with Crippen LogP contribution in [0.15, 0.2) is 90.5 Å². The molecule has 2 saturated heterocycles. The molecular weight excluding hydrogens is 630 g/mol. The van der Waals surface area contributed by atoms with E-state index in [0.29, 0.717) is 17.9 Å². The zero-order valence-corrected chi connectivity index (χ0v) is 28.3. The Morgan fingerprint density at radius 1 is 0.840 bits per heavy atom. The maximum atomic E-state index is 15.2. The van der Waals surface area contributed by atoms with Crippen LogP contribution in [0.25, 0.3) is 0 Å². The number of hydrogen-bond donors (Lipinski definition) is 2. The lowest BCUT2D eigenvalue weighted by molar-refractivity contribution is -0.144. The Morgan fingerprint density at radius 2 is 1.56 bits per heavy atom. The summed E-state index contributed by atoms with van der Waals surface area (Å²) in [4.78, 5) is 60.1. The van der Waals surface area contributed by atoms with Gasteiger partial charge < -0.3 is 9.84 Å². The molecule has 0 spiro atoms. The number of nitrogens with zero attached hydrogens (tertiary/aromatic N) is 2. The maximum absolute atomic E-state index is 15.2. The maximum Gasteiger partial charge on any atom is 0.260 e. The molecule has 9 heteroatoms. The molecule has 0 bridgehead atoms. The highest BCUT2D eigenvalue weighted by molar-refractivity contribution is 6.13. The molecule has 6 atom stereocenters. The van der Waals surface area contributed by atoms with Crippen LogP contribution in [0.1, 0.15) is 67.6 Å². The monoisotopic (exact) mass is 673 g/mol. The molecule has 3 aliphatic carbocycles. The van der Waals surface area contributed by atoms with Crippen molar-refractivity contribution in [2.75, 3.05) is 18.6 Å². The first-order chi connectivity index (χ1) is 24.3. The molecule has 8 rings (SSSR count). The predicted octanol–water partition coefficient (Wildman–Crippen LogP) is 5.68. The van der Waals surface area contributed by atoms with Crippen LogP contribution in [-0.4, -0.2) is 57.9 Å². The summed E-state index contributed by atoms with van der Waals surface area (Å²) >= 11 is 0. The number of ether oxygens (including phenoxy) is 1. The first kappa shape index (κ1) is 32.4. The van der Waals surface area contributed by atoms with Crippen molar-refractivity contribution < 1.29 is 29.0 Å². The summed E-state index contributed by atoms with van der Waals surface area (Å²) in [5.41, 5.74) is 6.03. The molecule has 0 aromatic heterocycles. The Labute approximate surface area is 292 Å². The second-order valence-electron chi connectivity index (χ2n) is 14.6. The molecule has 9 nitrogen and oxygen atoms in total. The minimum absolute atomic E-state index is 0.0732. The van der Waals surface area contributed by atoms with E-state index in [0.717, 1.165) is 54.4 Å². The fraction of sp³-hybridized carbons (Fsp3) is 0.415. The van der Waals surface area contributed by atoms with Crippen molar-refractivity contribution in [2.45, 2.75) is 69.2 Å². The fourth-order valence-corrected chi connectivity index (χ4v) is 9.77. The van der Waals surface area contributed by atoms with Crippen molar-refractivity contribution in [3.63, 3.8) is 0 Å². The summed E-state index contributed by atoms with van der Waals surface area (Å²) in [7, 11) is 0. The molecule has 2 N–H and O–H groups in total. The van der Waals surface area contributed by atoms with E-state index in [1.807, 2.05) is 85.8 Å². The molecule has 2 saturated carbocycles. The first-order valence-electron chi connectivity index (χ1n) is 18.0. The van der Waals surface area contributed by atoms with Crippen molar-refractivity contribution in [2.24, 2.45) is 23.7 Å². The number of carbonyl (C=O) groups excluding carboxylic acids is 4. The number of allylic oxidation sites excluding steroid dienone is 2. The number of carbonyl (C=O) groups is 4. The van der Waals surface area contributed by atoms with Crippen LogP contribution < -0.4 is 10.2 Å². The van der Waals surface area contributed by atoms with E-state index in [-0.39, 0.29) is 55.2 Å². The average molecular weight is 674 g/mol. The molecule has 2 aliphatic heterocycles. The molecule has 3 aromatic carbocycles.